The number of ketones is 1. The van der Waals surface area contributed by atoms with Gasteiger partial charge in [0.25, 0.3) is 5.91 Å². The standard InChI is InChI=1S/C28H26N2O5S/c1-35-25-9-5-6-10-26(25)36-19-27(33)29-17-23(24(32)18-31)30-28(34)22-15-13-21(14-16-22)12-11-20-7-3-2-4-8-20/h2-10,13-16,23,31H,17-19H2,1H3,(H,29,33)(H,30,34)/t23-/m0/s1. The zero-order chi connectivity index (χ0) is 25.8. The highest BCUT2D eigenvalue weighted by Crippen LogP contribution is 2.28. The number of hydrogen-bond acceptors (Lipinski definition) is 6. The van der Waals surface area contributed by atoms with Crippen LogP contribution in [0, 0.1) is 11.8 Å². The lowest BCUT2D eigenvalue weighted by Gasteiger charge is -2.17. The van der Waals surface area contributed by atoms with Crippen molar-refractivity contribution >= 4 is 29.4 Å². The first-order chi connectivity index (χ1) is 17.5. The lowest BCUT2D eigenvalue weighted by atomic mass is 10.1. The maximum atomic E-state index is 12.7. The average molecular weight is 503 g/mol. The van der Waals surface area contributed by atoms with E-state index in [1.807, 2.05) is 48.5 Å². The van der Waals surface area contributed by atoms with Crippen LogP contribution in [0.1, 0.15) is 21.5 Å². The molecule has 0 saturated heterocycles. The van der Waals surface area contributed by atoms with Crippen LogP contribution in [0.5, 0.6) is 5.75 Å². The van der Waals surface area contributed by atoms with Crippen LogP contribution >= 0.6 is 11.8 Å². The van der Waals surface area contributed by atoms with E-state index < -0.39 is 24.3 Å². The van der Waals surface area contributed by atoms with Gasteiger partial charge in [-0.25, -0.2) is 0 Å². The number of methoxy groups -OCH3 is 1. The summed E-state index contributed by atoms with van der Waals surface area (Å²) in [5, 5.41) is 14.5. The number of carbonyl (C=O) groups excluding carboxylic acids is 3. The first kappa shape index (κ1) is 26.5. The third-order valence-electron chi connectivity index (χ3n) is 5.05. The maximum Gasteiger partial charge on any atom is 0.251 e. The Labute approximate surface area is 214 Å². The highest BCUT2D eigenvalue weighted by molar-refractivity contribution is 8.00. The second kappa shape index (κ2) is 13.7. The molecule has 2 amide bonds. The third kappa shape index (κ3) is 8.01. The number of aliphatic hydroxyl groups is 1. The summed E-state index contributed by atoms with van der Waals surface area (Å²) >= 11 is 1.29. The molecule has 8 heteroatoms. The molecule has 0 aliphatic heterocycles. The molecule has 0 unspecified atom stereocenters. The number of carbonyl (C=O) groups is 3. The van der Waals surface area contributed by atoms with Crippen LogP contribution in [0.15, 0.2) is 83.8 Å². The summed E-state index contributed by atoms with van der Waals surface area (Å²) in [5.74, 6) is 5.41. The van der Waals surface area contributed by atoms with Crippen molar-refractivity contribution in [2.24, 2.45) is 0 Å². The van der Waals surface area contributed by atoms with Gasteiger partial charge in [-0.15, -0.1) is 11.8 Å². The van der Waals surface area contributed by atoms with Gasteiger partial charge in [0.2, 0.25) is 5.91 Å². The number of Topliss-reactive ketones (excluding diaryl/α,β-unsaturated/α-hetero) is 1. The normalized spacial score (nSPS) is 10.9. The van der Waals surface area contributed by atoms with Crippen LogP contribution in [0.4, 0.5) is 0 Å². The molecule has 0 spiro atoms. The predicted octanol–water partition coefficient (Wildman–Crippen LogP) is 2.66. The summed E-state index contributed by atoms with van der Waals surface area (Å²) < 4.78 is 5.27. The SMILES string of the molecule is COc1ccccc1SCC(=O)NC[C@H](NC(=O)c1ccc(C#Cc2ccccc2)cc1)C(=O)CO. The fraction of sp³-hybridized carbons (Fsp3) is 0.179. The van der Waals surface area contributed by atoms with Gasteiger partial charge in [-0.05, 0) is 48.5 Å². The van der Waals surface area contributed by atoms with Crippen molar-refractivity contribution in [2.75, 3.05) is 26.0 Å². The molecular weight excluding hydrogens is 476 g/mol. The van der Waals surface area contributed by atoms with Crippen molar-refractivity contribution in [3.05, 3.63) is 95.6 Å². The van der Waals surface area contributed by atoms with E-state index in [1.165, 1.54) is 11.8 Å². The van der Waals surface area contributed by atoms with Crippen molar-refractivity contribution < 1.29 is 24.2 Å². The minimum Gasteiger partial charge on any atom is -0.496 e. The second-order valence-corrected chi connectivity index (χ2v) is 8.60. The molecule has 0 aliphatic rings. The molecule has 3 N–H and O–H groups in total. The van der Waals surface area contributed by atoms with Crippen molar-refractivity contribution in [3.63, 3.8) is 0 Å². The molecule has 0 fully saturated rings. The number of hydrogen-bond donors (Lipinski definition) is 3. The van der Waals surface area contributed by atoms with E-state index >= 15 is 0 Å². The predicted molar refractivity (Wildman–Crippen MR) is 139 cm³/mol. The minimum absolute atomic E-state index is 0.0971. The molecule has 0 heterocycles. The summed E-state index contributed by atoms with van der Waals surface area (Å²) in [5.41, 5.74) is 1.94. The maximum absolute atomic E-state index is 12.7. The van der Waals surface area contributed by atoms with Crippen LogP contribution in [-0.2, 0) is 9.59 Å². The Balaban J connectivity index is 1.55. The topological polar surface area (TPSA) is 105 Å². The van der Waals surface area contributed by atoms with E-state index in [9.17, 15) is 19.5 Å². The quantitative estimate of drug-likeness (QED) is 0.291. The van der Waals surface area contributed by atoms with Gasteiger partial charge in [0.05, 0.1) is 12.9 Å². The smallest absolute Gasteiger partial charge is 0.251 e. The van der Waals surface area contributed by atoms with Gasteiger partial charge >= 0.3 is 0 Å². The average Bonchev–Trinajstić information content (AvgIpc) is 2.93. The molecule has 3 aromatic carbocycles. The molecule has 3 aromatic rings. The van der Waals surface area contributed by atoms with E-state index in [4.69, 9.17) is 4.74 Å². The summed E-state index contributed by atoms with van der Waals surface area (Å²) in [7, 11) is 1.55. The van der Waals surface area contributed by atoms with Gasteiger partial charge < -0.3 is 20.5 Å². The number of para-hydroxylation sites is 1. The van der Waals surface area contributed by atoms with Gasteiger partial charge in [0.15, 0.2) is 5.78 Å². The highest BCUT2D eigenvalue weighted by atomic mass is 32.2. The van der Waals surface area contributed by atoms with Crippen LogP contribution in [-0.4, -0.2) is 54.8 Å². The van der Waals surface area contributed by atoms with Gasteiger partial charge in [0, 0.05) is 28.1 Å². The number of ether oxygens (including phenoxy) is 1. The Morgan fingerprint density at radius 2 is 1.56 bits per heavy atom. The largest absolute Gasteiger partial charge is 0.496 e. The van der Waals surface area contributed by atoms with E-state index in [1.54, 1.807) is 37.4 Å². The van der Waals surface area contributed by atoms with E-state index in [2.05, 4.69) is 22.5 Å². The number of aliphatic hydroxyl groups excluding tert-OH is 1. The van der Waals surface area contributed by atoms with Crippen LogP contribution in [0.25, 0.3) is 0 Å². The molecule has 0 aliphatic carbocycles. The van der Waals surface area contributed by atoms with E-state index in [0.29, 0.717) is 11.3 Å². The zero-order valence-electron chi connectivity index (χ0n) is 19.7. The lowest BCUT2D eigenvalue weighted by molar-refractivity contribution is -0.124. The van der Waals surface area contributed by atoms with Crippen molar-refractivity contribution in [3.8, 4) is 17.6 Å². The van der Waals surface area contributed by atoms with Gasteiger partial charge in [0.1, 0.15) is 18.4 Å². The number of nitrogens with one attached hydrogen (secondary N) is 2. The minimum atomic E-state index is -1.07. The van der Waals surface area contributed by atoms with Crippen molar-refractivity contribution in [2.45, 2.75) is 10.9 Å². The summed E-state index contributed by atoms with van der Waals surface area (Å²) in [4.78, 5) is 38.0. The second-order valence-electron chi connectivity index (χ2n) is 7.59. The number of thioether (sulfide) groups is 1. The fourth-order valence-corrected chi connectivity index (χ4v) is 3.97. The molecule has 1 atom stereocenters. The van der Waals surface area contributed by atoms with Crippen LogP contribution in [0.2, 0.25) is 0 Å². The third-order valence-corrected chi connectivity index (χ3v) is 6.11. The summed E-state index contributed by atoms with van der Waals surface area (Å²) in [6.07, 6.45) is 0. The molecule has 0 saturated carbocycles. The van der Waals surface area contributed by atoms with Crippen molar-refractivity contribution in [1.29, 1.82) is 0 Å². The summed E-state index contributed by atoms with van der Waals surface area (Å²) in [6, 6.07) is 22.4. The molecule has 36 heavy (non-hydrogen) atoms. The van der Waals surface area contributed by atoms with E-state index in [-0.39, 0.29) is 18.2 Å². The van der Waals surface area contributed by atoms with Crippen LogP contribution < -0.4 is 15.4 Å². The first-order valence-corrected chi connectivity index (χ1v) is 12.1. The molecule has 3 rings (SSSR count). The lowest BCUT2D eigenvalue weighted by Crippen LogP contribution is -2.49. The molecule has 7 nitrogen and oxygen atoms in total. The Morgan fingerprint density at radius 1 is 0.917 bits per heavy atom. The van der Waals surface area contributed by atoms with Crippen molar-refractivity contribution in [1.82, 2.24) is 10.6 Å². The molecule has 184 valence electrons. The monoisotopic (exact) mass is 502 g/mol. The molecule has 0 bridgehead atoms. The zero-order valence-corrected chi connectivity index (χ0v) is 20.5. The Bertz CT molecular complexity index is 1250. The van der Waals surface area contributed by atoms with E-state index in [0.717, 1.165) is 16.0 Å². The Morgan fingerprint density at radius 3 is 2.22 bits per heavy atom. The number of amides is 2. The van der Waals surface area contributed by atoms with Gasteiger partial charge in [-0.1, -0.05) is 42.2 Å². The number of benzene rings is 3. The Hall–Kier alpha value is -4.06. The van der Waals surface area contributed by atoms with Crippen LogP contribution in [0.3, 0.4) is 0 Å². The number of rotatable bonds is 10. The molecular formula is C28H26N2O5S. The molecule has 0 aromatic heterocycles. The first-order valence-electron chi connectivity index (χ1n) is 11.1. The van der Waals surface area contributed by atoms with Gasteiger partial charge in [-0.2, -0.15) is 0 Å². The molecule has 0 radical (unpaired) electrons. The van der Waals surface area contributed by atoms with Gasteiger partial charge in [-0.3, -0.25) is 14.4 Å². The Kier molecular flexibility index (Phi) is 10.1. The highest BCUT2D eigenvalue weighted by Gasteiger charge is 2.21. The summed E-state index contributed by atoms with van der Waals surface area (Å²) in [6.45, 7) is -0.901. The fourth-order valence-electron chi connectivity index (χ4n) is 3.12.